The summed E-state index contributed by atoms with van der Waals surface area (Å²) in [6, 6.07) is 95.1. The van der Waals surface area contributed by atoms with Gasteiger partial charge in [0.2, 0.25) is 0 Å². The summed E-state index contributed by atoms with van der Waals surface area (Å²) in [5.41, 5.74) is 17.7. The van der Waals surface area contributed by atoms with Crippen molar-refractivity contribution < 1.29 is 0 Å². The molecule has 0 saturated carbocycles. The molecule has 0 amide bonds. The van der Waals surface area contributed by atoms with Crippen molar-refractivity contribution in [3.8, 4) is 66.8 Å². The van der Waals surface area contributed by atoms with Gasteiger partial charge in [0, 0.05) is 37.2 Å². The van der Waals surface area contributed by atoms with E-state index in [0.29, 0.717) is 0 Å². The molecule has 0 spiro atoms. The number of fused-ring (bicyclic) bond motifs is 4. The Bertz CT molecular complexity index is 3680. The predicted octanol–water partition coefficient (Wildman–Crippen LogP) is 18.7. The number of benzene rings is 11. The summed E-state index contributed by atoms with van der Waals surface area (Å²) in [6.45, 7) is 0. The van der Waals surface area contributed by atoms with Crippen molar-refractivity contribution in [2.75, 3.05) is 4.90 Å². The zero-order valence-corrected chi connectivity index (χ0v) is 37.0. The maximum absolute atomic E-state index is 2.37. The predicted molar refractivity (Wildman–Crippen MR) is 284 cm³/mol. The second-order valence-corrected chi connectivity index (χ2v) is 18.0. The SMILES string of the molecule is c1ccc(-c2cccc(-c3cccc(N(c4ccc(-c5ccc(-c6cccc(-c7ccc8ccccc8c7)c6)cc5)cc4)c4ccc(-c5ccc6sc7ccccc7c6c5)cc4)c3)c2)cc1. The van der Waals surface area contributed by atoms with Gasteiger partial charge in [-0.1, -0.05) is 188 Å². The highest BCUT2D eigenvalue weighted by Gasteiger charge is 2.16. The number of rotatable bonds is 9. The first-order valence-electron chi connectivity index (χ1n) is 22.5. The molecule has 0 saturated heterocycles. The minimum absolute atomic E-state index is 1.09. The van der Waals surface area contributed by atoms with Crippen molar-refractivity contribution in [1.82, 2.24) is 0 Å². The number of nitrogens with zero attached hydrogens (tertiary/aromatic N) is 1. The van der Waals surface area contributed by atoms with Crippen LogP contribution in [0.3, 0.4) is 0 Å². The molecule has 0 N–H and O–H groups in total. The molecule has 1 aromatic heterocycles. The van der Waals surface area contributed by atoms with Crippen LogP contribution in [0.2, 0.25) is 0 Å². The van der Waals surface area contributed by atoms with E-state index in [9.17, 15) is 0 Å². The van der Waals surface area contributed by atoms with Gasteiger partial charge in [-0.25, -0.2) is 0 Å². The second-order valence-electron chi connectivity index (χ2n) is 17.0. The highest BCUT2D eigenvalue weighted by Crippen LogP contribution is 2.41. The average Bonchev–Trinajstić information content (AvgIpc) is 3.78. The molecule has 0 bridgehead atoms. The lowest BCUT2D eigenvalue weighted by atomic mass is 9.96. The van der Waals surface area contributed by atoms with Gasteiger partial charge in [-0.05, 0) is 150 Å². The number of hydrogen-bond acceptors (Lipinski definition) is 2. The largest absolute Gasteiger partial charge is 0.310 e. The molecule has 0 unspecified atom stereocenters. The van der Waals surface area contributed by atoms with E-state index in [1.54, 1.807) is 0 Å². The molecule has 11 aromatic carbocycles. The molecular weight excluding hydrogens is 815 g/mol. The Kier molecular flexibility index (Phi) is 10.1. The van der Waals surface area contributed by atoms with Crippen LogP contribution in [0, 0.1) is 0 Å². The van der Waals surface area contributed by atoms with Crippen molar-refractivity contribution in [2.45, 2.75) is 0 Å². The van der Waals surface area contributed by atoms with Crippen molar-refractivity contribution in [3.05, 3.63) is 261 Å². The Morgan fingerprint density at radius 2 is 0.621 bits per heavy atom. The number of anilines is 3. The van der Waals surface area contributed by atoms with Crippen LogP contribution in [0.1, 0.15) is 0 Å². The highest BCUT2D eigenvalue weighted by atomic mass is 32.1. The Morgan fingerprint density at radius 1 is 0.212 bits per heavy atom. The maximum atomic E-state index is 2.37. The van der Waals surface area contributed by atoms with Crippen molar-refractivity contribution in [1.29, 1.82) is 0 Å². The summed E-state index contributed by atoms with van der Waals surface area (Å²) in [5.74, 6) is 0. The Morgan fingerprint density at radius 3 is 1.27 bits per heavy atom. The van der Waals surface area contributed by atoms with Gasteiger partial charge in [-0.3, -0.25) is 0 Å². The van der Waals surface area contributed by atoms with E-state index >= 15 is 0 Å². The van der Waals surface area contributed by atoms with E-state index in [-0.39, 0.29) is 0 Å². The fourth-order valence-corrected chi connectivity index (χ4v) is 10.5. The van der Waals surface area contributed by atoms with E-state index in [4.69, 9.17) is 0 Å². The summed E-state index contributed by atoms with van der Waals surface area (Å²) in [7, 11) is 0. The quantitative estimate of drug-likeness (QED) is 0.140. The van der Waals surface area contributed by atoms with Gasteiger partial charge >= 0.3 is 0 Å². The van der Waals surface area contributed by atoms with E-state index in [0.717, 1.165) is 17.1 Å². The van der Waals surface area contributed by atoms with Gasteiger partial charge in [0.15, 0.2) is 0 Å². The van der Waals surface area contributed by atoms with Crippen LogP contribution >= 0.6 is 11.3 Å². The monoisotopic (exact) mass is 857 g/mol. The molecule has 0 atom stereocenters. The summed E-state index contributed by atoms with van der Waals surface area (Å²) in [6.07, 6.45) is 0. The first kappa shape index (κ1) is 39.3. The molecule has 1 nitrogen and oxygen atoms in total. The van der Waals surface area contributed by atoms with Gasteiger partial charge in [-0.15, -0.1) is 11.3 Å². The molecule has 12 aromatic rings. The molecule has 310 valence electrons. The van der Waals surface area contributed by atoms with Crippen LogP contribution in [-0.2, 0) is 0 Å². The van der Waals surface area contributed by atoms with Gasteiger partial charge < -0.3 is 4.90 Å². The molecule has 0 radical (unpaired) electrons. The summed E-state index contributed by atoms with van der Waals surface area (Å²) < 4.78 is 2.64. The van der Waals surface area contributed by atoms with Crippen LogP contribution in [0.15, 0.2) is 261 Å². The molecule has 0 aliphatic heterocycles. The molecule has 2 heteroatoms. The van der Waals surface area contributed by atoms with E-state index in [1.807, 2.05) is 11.3 Å². The maximum Gasteiger partial charge on any atom is 0.0467 e. The molecule has 66 heavy (non-hydrogen) atoms. The minimum Gasteiger partial charge on any atom is -0.310 e. The van der Waals surface area contributed by atoms with E-state index in [1.165, 1.54) is 97.7 Å². The first-order valence-corrected chi connectivity index (χ1v) is 23.4. The number of hydrogen-bond donors (Lipinski definition) is 0. The van der Waals surface area contributed by atoms with Gasteiger partial charge in [0.25, 0.3) is 0 Å². The zero-order chi connectivity index (χ0) is 43.8. The Labute approximate surface area is 389 Å². The molecule has 0 fully saturated rings. The summed E-state index contributed by atoms with van der Waals surface area (Å²) in [4.78, 5) is 2.37. The van der Waals surface area contributed by atoms with Crippen molar-refractivity contribution in [3.63, 3.8) is 0 Å². The van der Waals surface area contributed by atoms with Gasteiger partial charge in [0.1, 0.15) is 0 Å². The zero-order valence-electron chi connectivity index (χ0n) is 36.2. The lowest BCUT2D eigenvalue weighted by Gasteiger charge is -2.26. The minimum atomic E-state index is 1.09. The standard InChI is InChI=1S/C64H43NS/c1-2-11-44(12-3-1)51-15-8-17-53(39-51)55-19-10-20-60(42-55)65(59-36-31-49(32-37-59)57-33-38-64-62(43-57)61-21-6-7-22-63(61)66-64)58-34-29-47(30-35-58)46-23-25-48(26-24-46)52-16-9-18-54(40-52)56-28-27-45-13-4-5-14-50(45)41-56/h1-43H. The number of thiophene rings is 1. The van der Waals surface area contributed by atoms with Crippen LogP contribution in [0.5, 0.6) is 0 Å². The fourth-order valence-electron chi connectivity index (χ4n) is 9.39. The average molecular weight is 858 g/mol. The third kappa shape index (κ3) is 7.64. The summed E-state index contributed by atoms with van der Waals surface area (Å²) >= 11 is 1.86. The third-order valence-electron chi connectivity index (χ3n) is 12.9. The molecular formula is C64H43NS. The molecule has 0 aliphatic carbocycles. The highest BCUT2D eigenvalue weighted by molar-refractivity contribution is 7.25. The van der Waals surface area contributed by atoms with Crippen LogP contribution < -0.4 is 4.90 Å². The molecule has 12 rings (SSSR count). The fraction of sp³-hybridized carbons (Fsp3) is 0. The van der Waals surface area contributed by atoms with E-state index < -0.39 is 0 Å². The summed E-state index contributed by atoms with van der Waals surface area (Å²) in [5, 5.41) is 5.15. The van der Waals surface area contributed by atoms with Gasteiger partial charge in [0.05, 0.1) is 0 Å². The lowest BCUT2D eigenvalue weighted by Crippen LogP contribution is -2.10. The molecule has 0 aliphatic rings. The topological polar surface area (TPSA) is 3.24 Å². The molecule has 1 heterocycles. The Hall–Kier alpha value is -8.30. The van der Waals surface area contributed by atoms with E-state index in [2.05, 4.69) is 266 Å². The van der Waals surface area contributed by atoms with Crippen molar-refractivity contribution in [2.24, 2.45) is 0 Å². The smallest absolute Gasteiger partial charge is 0.0467 e. The third-order valence-corrected chi connectivity index (χ3v) is 14.0. The first-order chi connectivity index (χ1) is 32.7. The normalized spacial score (nSPS) is 11.3. The lowest BCUT2D eigenvalue weighted by molar-refractivity contribution is 1.28. The van der Waals surface area contributed by atoms with Gasteiger partial charge in [-0.2, -0.15) is 0 Å². The van der Waals surface area contributed by atoms with Crippen LogP contribution in [0.25, 0.3) is 97.7 Å². The van der Waals surface area contributed by atoms with Crippen LogP contribution in [0.4, 0.5) is 17.1 Å². The van der Waals surface area contributed by atoms with Crippen molar-refractivity contribution >= 4 is 59.3 Å². The Balaban J connectivity index is 0.869. The second kappa shape index (κ2) is 17.0. The van der Waals surface area contributed by atoms with Crippen LogP contribution in [-0.4, -0.2) is 0 Å².